The van der Waals surface area contributed by atoms with Crippen molar-refractivity contribution in [2.75, 3.05) is 53.0 Å². The first-order valence-corrected chi connectivity index (χ1v) is 10.3. The molecule has 0 bridgehead atoms. The lowest BCUT2D eigenvalue weighted by Crippen LogP contribution is -2.48. The van der Waals surface area contributed by atoms with E-state index < -0.39 is 5.60 Å². The molecule has 1 N–H and O–H groups in total. The Bertz CT molecular complexity index is 838. The molecule has 9 heteroatoms. The van der Waals surface area contributed by atoms with Crippen LogP contribution < -0.4 is 14.8 Å². The number of hydrogen-bond acceptors (Lipinski definition) is 6. The first kappa shape index (κ1) is 20.5. The van der Waals surface area contributed by atoms with Crippen LogP contribution in [0.1, 0.15) is 29.6 Å². The maximum atomic E-state index is 12.7. The zero-order valence-electron chi connectivity index (χ0n) is 17.1. The molecular weight excluding hydrogens is 390 g/mol. The molecule has 162 valence electrons. The van der Waals surface area contributed by atoms with Crippen LogP contribution in [0.2, 0.25) is 0 Å². The molecule has 3 aliphatic heterocycles. The molecule has 0 aromatic heterocycles. The summed E-state index contributed by atoms with van der Waals surface area (Å²) in [6, 6.07) is 5.13. The minimum Gasteiger partial charge on any atom is -0.497 e. The smallest absolute Gasteiger partial charge is 0.255 e. The van der Waals surface area contributed by atoms with Crippen molar-refractivity contribution in [1.29, 1.82) is 0 Å². The Morgan fingerprint density at radius 3 is 2.77 bits per heavy atom. The third-order valence-electron chi connectivity index (χ3n) is 6.00. The number of likely N-dealkylation sites (tertiary alicyclic amines) is 1. The highest BCUT2D eigenvalue weighted by Gasteiger charge is 2.41. The second-order valence-corrected chi connectivity index (χ2v) is 7.89. The lowest BCUT2D eigenvalue weighted by atomic mass is 9.94. The molecule has 0 aliphatic carbocycles. The number of hydrogen-bond donors (Lipinski definition) is 1. The number of ether oxygens (including phenoxy) is 3. The molecular formula is C21H27N3O6. The van der Waals surface area contributed by atoms with E-state index in [-0.39, 0.29) is 30.7 Å². The number of methoxy groups -OCH3 is 1. The number of morpholine rings is 1. The number of rotatable bonds is 3. The molecule has 1 unspecified atom stereocenters. The summed E-state index contributed by atoms with van der Waals surface area (Å²) in [6.45, 7) is 2.94. The molecule has 3 heterocycles. The highest BCUT2D eigenvalue weighted by atomic mass is 16.5. The van der Waals surface area contributed by atoms with Gasteiger partial charge in [0, 0.05) is 32.5 Å². The normalized spacial score (nSPS) is 24.4. The number of nitrogens with zero attached hydrogens (tertiary/aromatic N) is 2. The van der Waals surface area contributed by atoms with Crippen LogP contribution in [-0.4, -0.2) is 86.2 Å². The van der Waals surface area contributed by atoms with Gasteiger partial charge in [-0.3, -0.25) is 14.4 Å². The number of nitrogens with one attached hydrogen (secondary N) is 1. The molecule has 30 heavy (non-hydrogen) atoms. The largest absolute Gasteiger partial charge is 0.497 e. The second-order valence-electron chi connectivity index (χ2n) is 7.89. The maximum absolute atomic E-state index is 12.7. The van der Waals surface area contributed by atoms with Crippen molar-refractivity contribution >= 4 is 17.7 Å². The van der Waals surface area contributed by atoms with Crippen LogP contribution in [0.4, 0.5) is 0 Å². The van der Waals surface area contributed by atoms with Crippen molar-refractivity contribution in [1.82, 2.24) is 15.1 Å². The van der Waals surface area contributed by atoms with Gasteiger partial charge in [0.15, 0.2) is 0 Å². The Balaban J connectivity index is 1.47. The molecule has 3 amide bonds. The minimum atomic E-state index is -0.693. The molecule has 1 atom stereocenters. The Labute approximate surface area is 175 Å². The first-order chi connectivity index (χ1) is 14.5. The lowest BCUT2D eigenvalue weighted by Gasteiger charge is -2.32. The van der Waals surface area contributed by atoms with Gasteiger partial charge in [-0.05, 0) is 24.6 Å². The standard InChI is InChI=1S/C21H27N3O6/c1-28-15-2-3-17-16(12-15)20(27)22-14-21(30-17)5-4-18(25)24(7-6-21)13-19(26)23-8-10-29-11-9-23/h2-3,12H,4-11,13-14H2,1H3,(H,22,27). The van der Waals surface area contributed by atoms with Crippen molar-refractivity contribution in [2.45, 2.75) is 24.9 Å². The lowest BCUT2D eigenvalue weighted by molar-refractivity contribution is -0.142. The third-order valence-corrected chi connectivity index (χ3v) is 6.00. The van der Waals surface area contributed by atoms with Crippen LogP contribution in [0.3, 0.4) is 0 Å². The number of fused-ring (bicyclic) bond motifs is 1. The zero-order valence-corrected chi connectivity index (χ0v) is 17.1. The van der Waals surface area contributed by atoms with Crippen molar-refractivity contribution in [3.05, 3.63) is 23.8 Å². The average molecular weight is 417 g/mol. The van der Waals surface area contributed by atoms with E-state index in [0.717, 1.165) is 0 Å². The fraction of sp³-hybridized carbons (Fsp3) is 0.571. The fourth-order valence-corrected chi connectivity index (χ4v) is 4.11. The van der Waals surface area contributed by atoms with Gasteiger partial charge in [-0.15, -0.1) is 0 Å². The Kier molecular flexibility index (Phi) is 5.80. The minimum absolute atomic E-state index is 0.0601. The highest BCUT2D eigenvalue weighted by Crippen LogP contribution is 2.34. The molecule has 9 nitrogen and oxygen atoms in total. The van der Waals surface area contributed by atoms with Crippen LogP contribution >= 0.6 is 0 Å². The van der Waals surface area contributed by atoms with E-state index in [1.54, 1.807) is 35.1 Å². The van der Waals surface area contributed by atoms with E-state index in [0.29, 0.717) is 69.3 Å². The molecule has 2 fully saturated rings. The number of amides is 3. The zero-order chi connectivity index (χ0) is 21.1. The summed E-state index contributed by atoms with van der Waals surface area (Å²) in [4.78, 5) is 41.2. The van der Waals surface area contributed by atoms with E-state index >= 15 is 0 Å². The predicted octanol–water partition coefficient (Wildman–Crippen LogP) is 0.428. The van der Waals surface area contributed by atoms with Crippen molar-refractivity contribution in [3.8, 4) is 11.5 Å². The fourth-order valence-electron chi connectivity index (χ4n) is 4.11. The van der Waals surface area contributed by atoms with E-state index in [9.17, 15) is 14.4 Å². The summed E-state index contributed by atoms with van der Waals surface area (Å²) in [5.74, 6) is 0.705. The summed E-state index contributed by atoms with van der Waals surface area (Å²) in [7, 11) is 1.54. The Hall–Kier alpha value is -2.81. The van der Waals surface area contributed by atoms with E-state index in [4.69, 9.17) is 14.2 Å². The summed E-state index contributed by atoms with van der Waals surface area (Å²) < 4.78 is 16.8. The summed E-state index contributed by atoms with van der Waals surface area (Å²) >= 11 is 0. The Morgan fingerprint density at radius 1 is 1.20 bits per heavy atom. The molecule has 2 saturated heterocycles. The van der Waals surface area contributed by atoms with Crippen LogP contribution in [0.15, 0.2) is 18.2 Å². The van der Waals surface area contributed by atoms with Gasteiger partial charge in [-0.1, -0.05) is 0 Å². The van der Waals surface area contributed by atoms with Crippen molar-refractivity contribution < 1.29 is 28.6 Å². The number of carbonyl (C=O) groups excluding carboxylic acids is 3. The monoisotopic (exact) mass is 417 g/mol. The summed E-state index contributed by atoms with van der Waals surface area (Å²) in [6.07, 6.45) is 1.26. The van der Waals surface area contributed by atoms with Crippen molar-refractivity contribution in [2.24, 2.45) is 0 Å². The van der Waals surface area contributed by atoms with Gasteiger partial charge >= 0.3 is 0 Å². The van der Waals surface area contributed by atoms with Crippen LogP contribution in [0.25, 0.3) is 0 Å². The van der Waals surface area contributed by atoms with Gasteiger partial charge in [0.25, 0.3) is 5.91 Å². The first-order valence-electron chi connectivity index (χ1n) is 10.3. The predicted molar refractivity (Wildman–Crippen MR) is 107 cm³/mol. The molecule has 1 aromatic carbocycles. The molecule has 4 rings (SSSR count). The maximum Gasteiger partial charge on any atom is 0.255 e. The van der Waals surface area contributed by atoms with Crippen LogP contribution in [-0.2, 0) is 14.3 Å². The van der Waals surface area contributed by atoms with Gasteiger partial charge < -0.3 is 29.3 Å². The quantitative estimate of drug-likeness (QED) is 0.766. The SMILES string of the molecule is COc1ccc2c(c1)C(=O)NCC1(CCC(=O)N(CC(=O)N3CCOCC3)CC1)O2. The van der Waals surface area contributed by atoms with Crippen LogP contribution in [0, 0.1) is 0 Å². The van der Waals surface area contributed by atoms with E-state index in [2.05, 4.69) is 5.32 Å². The second kappa shape index (κ2) is 8.51. The molecule has 0 saturated carbocycles. The molecule has 0 radical (unpaired) electrons. The number of benzene rings is 1. The molecule has 1 spiro atoms. The highest BCUT2D eigenvalue weighted by molar-refractivity contribution is 5.97. The summed E-state index contributed by atoms with van der Waals surface area (Å²) in [5.41, 5.74) is -0.275. The number of carbonyl (C=O) groups is 3. The van der Waals surface area contributed by atoms with Crippen LogP contribution in [0.5, 0.6) is 11.5 Å². The van der Waals surface area contributed by atoms with Gasteiger partial charge in [-0.25, -0.2) is 0 Å². The third kappa shape index (κ3) is 4.21. The van der Waals surface area contributed by atoms with Crippen molar-refractivity contribution in [3.63, 3.8) is 0 Å². The van der Waals surface area contributed by atoms with Gasteiger partial charge in [0.2, 0.25) is 11.8 Å². The molecule has 1 aromatic rings. The van der Waals surface area contributed by atoms with Gasteiger partial charge in [-0.2, -0.15) is 0 Å². The summed E-state index contributed by atoms with van der Waals surface area (Å²) in [5, 5.41) is 2.92. The van der Waals surface area contributed by atoms with Gasteiger partial charge in [0.05, 0.1) is 39.0 Å². The van der Waals surface area contributed by atoms with E-state index in [1.165, 1.54) is 0 Å². The molecule has 3 aliphatic rings. The topological polar surface area (TPSA) is 97.4 Å². The Morgan fingerprint density at radius 2 is 2.00 bits per heavy atom. The van der Waals surface area contributed by atoms with E-state index in [1.807, 2.05) is 0 Å². The van der Waals surface area contributed by atoms with Gasteiger partial charge in [0.1, 0.15) is 17.1 Å². The average Bonchev–Trinajstić information content (AvgIpc) is 3.01.